The topological polar surface area (TPSA) is 43.9 Å². The molecule has 0 aromatic heterocycles. The zero-order valence-electron chi connectivity index (χ0n) is 18.4. The lowest BCUT2D eigenvalue weighted by Gasteiger charge is -2.36. The molecule has 5 nitrogen and oxygen atoms in total. The van der Waals surface area contributed by atoms with Crippen LogP contribution in [0.1, 0.15) is 33.5 Å². The number of halogens is 1. The maximum atomic E-state index is 13.3. The van der Waals surface area contributed by atoms with E-state index in [1.165, 1.54) is 11.1 Å². The third-order valence-corrected chi connectivity index (χ3v) is 6.67. The quantitative estimate of drug-likeness (QED) is 0.526. The second-order valence-electron chi connectivity index (χ2n) is 8.63. The first kappa shape index (κ1) is 21.5. The van der Waals surface area contributed by atoms with E-state index in [4.69, 9.17) is 11.6 Å². The molecular formula is C27H26ClN3O2. The maximum Gasteiger partial charge on any atom is 0.324 e. The van der Waals surface area contributed by atoms with Gasteiger partial charge in [0.05, 0.1) is 0 Å². The van der Waals surface area contributed by atoms with Crippen LogP contribution in [0.15, 0.2) is 72.8 Å². The van der Waals surface area contributed by atoms with Gasteiger partial charge in [0.2, 0.25) is 0 Å². The van der Waals surface area contributed by atoms with E-state index in [9.17, 15) is 9.59 Å². The fourth-order valence-corrected chi connectivity index (χ4v) is 4.76. The van der Waals surface area contributed by atoms with E-state index in [1.54, 1.807) is 4.90 Å². The maximum absolute atomic E-state index is 13.3. The van der Waals surface area contributed by atoms with Crippen molar-refractivity contribution in [1.29, 1.82) is 0 Å². The highest BCUT2D eigenvalue weighted by Crippen LogP contribution is 2.25. The Kier molecular flexibility index (Phi) is 6.05. The van der Waals surface area contributed by atoms with Crippen molar-refractivity contribution in [3.63, 3.8) is 0 Å². The van der Waals surface area contributed by atoms with Crippen LogP contribution in [-0.2, 0) is 19.5 Å². The Morgan fingerprint density at radius 2 is 1.67 bits per heavy atom. The zero-order chi connectivity index (χ0) is 22.8. The van der Waals surface area contributed by atoms with Gasteiger partial charge >= 0.3 is 6.03 Å². The molecule has 0 spiro atoms. The standard InChI is InChI=1S/C27H26ClN3O2/c28-24-11-9-20(10-12-24)18-30-14-4-15-31(27(30)33)25-8-3-7-22(17-25)26(32)29-16-13-21-5-1-2-6-23(21)19-29/h1-3,5-12,17H,4,13-16,18-19H2. The molecule has 0 radical (unpaired) electrons. The number of amides is 3. The van der Waals surface area contributed by atoms with E-state index in [2.05, 4.69) is 12.1 Å². The van der Waals surface area contributed by atoms with Crippen LogP contribution in [0.5, 0.6) is 0 Å². The number of benzene rings is 3. The number of nitrogens with zero attached hydrogens (tertiary/aromatic N) is 3. The summed E-state index contributed by atoms with van der Waals surface area (Å²) in [6, 6.07) is 23.3. The predicted octanol–water partition coefficient (Wildman–Crippen LogP) is 5.37. The number of urea groups is 1. The van der Waals surface area contributed by atoms with Gasteiger partial charge < -0.3 is 9.80 Å². The Hall–Kier alpha value is -3.31. The van der Waals surface area contributed by atoms with Crippen molar-refractivity contribution in [2.75, 3.05) is 24.5 Å². The molecule has 0 aliphatic carbocycles. The highest BCUT2D eigenvalue weighted by molar-refractivity contribution is 6.30. The van der Waals surface area contributed by atoms with Gasteiger partial charge in [-0.15, -0.1) is 0 Å². The van der Waals surface area contributed by atoms with Gasteiger partial charge in [-0.25, -0.2) is 4.79 Å². The van der Waals surface area contributed by atoms with Gasteiger partial charge in [-0.05, 0) is 59.9 Å². The molecule has 5 rings (SSSR count). The Balaban J connectivity index is 1.31. The zero-order valence-corrected chi connectivity index (χ0v) is 19.2. The van der Waals surface area contributed by atoms with Crippen LogP contribution in [0, 0.1) is 0 Å². The molecule has 3 amide bonds. The number of anilines is 1. The van der Waals surface area contributed by atoms with Crippen molar-refractivity contribution in [3.8, 4) is 0 Å². The highest BCUT2D eigenvalue weighted by Gasteiger charge is 2.28. The summed E-state index contributed by atoms with van der Waals surface area (Å²) in [4.78, 5) is 32.0. The minimum atomic E-state index is -0.0345. The molecule has 33 heavy (non-hydrogen) atoms. The third kappa shape index (κ3) is 4.60. The molecule has 0 N–H and O–H groups in total. The van der Waals surface area contributed by atoms with Crippen LogP contribution in [0.3, 0.4) is 0 Å². The highest BCUT2D eigenvalue weighted by atomic mass is 35.5. The monoisotopic (exact) mass is 459 g/mol. The minimum absolute atomic E-state index is 0.00818. The van der Waals surface area contributed by atoms with Crippen LogP contribution in [-0.4, -0.2) is 41.4 Å². The van der Waals surface area contributed by atoms with Gasteiger partial charge in [0.1, 0.15) is 0 Å². The lowest BCUT2D eigenvalue weighted by atomic mass is 9.99. The molecule has 0 atom stereocenters. The van der Waals surface area contributed by atoms with Crippen LogP contribution in [0.4, 0.5) is 10.5 Å². The SMILES string of the molecule is O=C(c1cccc(N2CCCN(Cc3ccc(Cl)cc3)C2=O)c1)N1CCc2ccccc2C1. The Bertz CT molecular complexity index is 1180. The molecule has 3 aromatic carbocycles. The molecule has 2 aliphatic rings. The van der Waals surface area contributed by atoms with Crippen LogP contribution >= 0.6 is 11.6 Å². The van der Waals surface area contributed by atoms with Crippen molar-refractivity contribution in [2.24, 2.45) is 0 Å². The second kappa shape index (κ2) is 9.28. The van der Waals surface area contributed by atoms with Crippen molar-refractivity contribution in [2.45, 2.75) is 25.9 Å². The van der Waals surface area contributed by atoms with Gasteiger partial charge in [-0.1, -0.05) is 54.1 Å². The summed E-state index contributed by atoms with van der Waals surface area (Å²) in [6.45, 7) is 3.22. The Labute approximate surface area is 199 Å². The number of hydrogen-bond acceptors (Lipinski definition) is 2. The fourth-order valence-electron chi connectivity index (χ4n) is 4.64. The van der Waals surface area contributed by atoms with Crippen molar-refractivity contribution < 1.29 is 9.59 Å². The molecular weight excluding hydrogens is 434 g/mol. The molecule has 0 saturated carbocycles. The van der Waals surface area contributed by atoms with E-state index < -0.39 is 0 Å². The number of carbonyl (C=O) groups excluding carboxylic acids is 2. The molecule has 1 saturated heterocycles. The summed E-state index contributed by atoms with van der Waals surface area (Å²) in [5.41, 5.74) is 4.95. The molecule has 2 heterocycles. The summed E-state index contributed by atoms with van der Waals surface area (Å²) >= 11 is 5.99. The number of carbonyl (C=O) groups is 2. The van der Waals surface area contributed by atoms with Crippen molar-refractivity contribution in [3.05, 3.63) is 100 Å². The van der Waals surface area contributed by atoms with E-state index in [0.29, 0.717) is 43.3 Å². The van der Waals surface area contributed by atoms with Crippen molar-refractivity contribution >= 4 is 29.2 Å². The Morgan fingerprint density at radius 1 is 0.879 bits per heavy atom. The first-order valence-corrected chi connectivity index (χ1v) is 11.7. The fraction of sp³-hybridized carbons (Fsp3) is 0.259. The smallest absolute Gasteiger partial charge is 0.324 e. The van der Waals surface area contributed by atoms with E-state index in [-0.39, 0.29) is 11.9 Å². The summed E-state index contributed by atoms with van der Waals surface area (Å²) in [6.07, 6.45) is 1.74. The van der Waals surface area contributed by atoms with Gasteiger partial charge in [-0.2, -0.15) is 0 Å². The van der Waals surface area contributed by atoms with Crippen molar-refractivity contribution in [1.82, 2.24) is 9.80 Å². The lowest BCUT2D eigenvalue weighted by molar-refractivity contribution is 0.0734. The summed E-state index contributed by atoms with van der Waals surface area (Å²) in [5.74, 6) is 0.00818. The molecule has 0 unspecified atom stereocenters. The number of rotatable bonds is 4. The number of fused-ring (bicyclic) bond motifs is 1. The summed E-state index contributed by atoms with van der Waals surface area (Å²) < 4.78 is 0. The second-order valence-corrected chi connectivity index (χ2v) is 9.07. The molecule has 1 fully saturated rings. The number of hydrogen-bond donors (Lipinski definition) is 0. The molecule has 168 valence electrons. The third-order valence-electron chi connectivity index (χ3n) is 6.42. The molecule has 3 aromatic rings. The van der Waals surface area contributed by atoms with Gasteiger partial charge in [0.15, 0.2) is 0 Å². The van der Waals surface area contributed by atoms with E-state index >= 15 is 0 Å². The molecule has 0 bridgehead atoms. The molecule has 2 aliphatic heterocycles. The first-order chi connectivity index (χ1) is 16.1. The van der Waals surface area contributed by atoms with Crippen LogP contribution in [0.25, 0.3) is 0 Å². The van der Waals surface area contributed by atoms with Crippen LogP contribution < -0.4 is 4.90 Å². The minimum Gasteiger partial charge on any atom is -0.334 e. The predicted molar refractivity (Wildman–Crippen MR) is 131 cm³/mol. The van der Waals surface area contributed by atoms with Crippen LogP contribution in [0.2, 0.25) is 5.02 Å². The largest absolute Gasteiger partial charge is 0.334 e. The first-order valence-electron chi connectivity index (χ1n) is 11.4. The van der Waals surface area contributed by atoms with Gasteiger partial charge in [0, 0.05) is 49.0 Å². The van der Waals surface area contributed by atoms with Gasteiger partial charge in [0.25, 0.3) is 5.91 Å². The summed E-state index contributed by atoms with van der Waals surface area (Å²) in [5, 5.41) is 0.684. The molecule has 6 heteroatoms. The average Bonchev–Trinajstić information content (AvgIpc) is 2.86. The summed E-state index contributed by atoms with van der Waals surface area (Å²) in [7, 11) is 0. The lowest BCUT2D eigenvalue weighted by Crippen LogP contribution is -2.49. The van der Waals surface area contributed by atoms with E-state index in [1.807, 2.05) is 70.5 Å². The van der Waals surface area contributed by atoms with Gasteiger partial charge in [-0.3, -0.25) is 9.69 Å². The Morgan fingerprint density at radius 3 is 2.48 bits per heavy atom. The average molecular weight is 460 g/mol. The normalized spacial score (nSPS) is 16.0. The van der Waals surface area contributed by atoms with E-state index in [0.717, 1.165) is 24.1 Å².